The fraction of sp³-hybridized carbons (Fsp3) is 0.909. The molecule has 1 rings (SSSR count). The molecule has 0 N–H and O–H groups in total. The van der Waals surface area contributed by atoms with E-state index in [1.54, 1.807) is 0 Å². The van der Waals surface area contributed by atoms with Gasteiger partial charge < -0.3 is 4.90 Å². The average molecular weight is 183 g/mol. The number of hydrogen-bond donors (Lipinski definition) is 0. The van der Waals surface area contributed by atoms with Gasteiger partial charge in [-0.05, 0) is 12.3 Å². The van der Waals surface area contributed by atoms with Crippen molar-refractivity contribution in [1.29, 1.82) is 0 Å². The van der Waals surface area contributed by atoms with Gasteiger partial charge in [-0.3, -0.25) is 4.79 Å². The molecular formula is C11H21NO. The number of amides is 1. The quantitative estimate of drug-likeness (QED) is 0.599. The predicted octanol–water partition coefficient (Wildman–Crippen LogP) is 2.44. The molecule has 2 heteroatoms. The number of carbonyl (C=O) groups is 1. The summed E-state index contributed by atoms with van der Waals surface area (Å²) in [6.45, 7) is 6.35. The molecule has 1 fully saturated rings. The second-order valence-electron chi connectivity index (χ2n) is 4.21. The van der Waals surface area contributed by atoms with Gasteiger partial charge in [-0.25, -0.2) is 0 Å². The molecule has 1 aliphatic heterocycles. The Morgan fingerprint density at radius 2 is 2.15 bits per heavy atom. The number of likely N-dealkylation sites (tertiary alicyclic amines) is 1. The lowest BCUT2D eigenvalue weighted by Crippen LogP contribution is -2.26. The van der Waals surface area contributed by atoms with Crippen LogP contribution in [0.2, 0.25) is 0 Å². The number of rotatable bonds is 5. The molecule has 0 aliphatic carbocycles. The van der Waals surface area contributed by atoms with E-state index < -0.39 is 0 Å². The molecule has 1 amide bonds. The van der Waals surface area contributed by atoms with Crippen LogP contribution in [-0.2, 0) is 4.79 Å². The SMILES string of the molecule is CCCCCCN1CC(C)CC1=O. The molecule has 0 aromatic heterocycles. The summed E-state index contributed by atoms with van der Waals surface area (Å²) >= 11 is 0. The Bertz CT molecular complexity index is 167. The molecule has 0 aromatic carbocycles. The van der Waals surface area contributed by atoms with Gasteiger partial charge in [0.2, 0.25) is 5.91 Å². The number of hydrogen-bond acceptors (Lipinski definition) is 1. The fourth-order valence-electron chi connectivity index (χ4n) is 1.92. The molecule has 0 radical (unpaired) electrons. The third kappa shape index (κ3) is 3.37. The number of carbonyl (C=O) groups excluding carboxylic acids is 1. The van der Waals surface area contributed by atoms with E-state index in [-0.39, 0.29) is 0 Å². The van der Waals surface area contributed by atoms with Crippen LogP contribution < -0.4 is 0 Å². The van der Waals surface area contributed by atoms with Crippen molar-refractivity contribution < 1.29 is 4.79 Å². The van der Waals surface area contributed by atoms with E-state index in [2.05, 4.69) is 13.8 Å². The third-order valence-corrected chi connectivity index (χ3v) is 2.69. The van der Waals surface area contributed by atoms with Gasteiger partial charge >= 0.3 is 0 Å². The first-order chi connectivity index (χ1) is 6.24. The van der Waals surface area contributed by atoms with Crippen molar-refractivity contribution in [2.45, 2.75) is 46.0 Å². The molecule has 1 atom stereocenters. The lowest BCUT2D eigenvalue weighted by Gasteiger charge is -2.15. The fourth-order valence-corrected chi connectivity index (χ4v) is 1.92. The highest BCUT2D eigenvalue weighted by Crippen LogP contribution is 2.17. The van der Waals surface area contributed by atoms with E-state index in [0.29, 0.717) is 11.8 Å². The maximum atomic E-state index is 11.4. The van der Waals surface area contributed by atoms with Gasteiger partial charge in [0.25, 0.3) is 0 Å². The van der Waals surface area contributed by atoms with Crippen molar-refractivity contribution in [1.82, 2.24) is 4.90 Å². The van der Waals surface area contributed by atoms with Crippen LogP contribution in [0.5, 0.6) is 0 Å². The minimum atomic E-state index is 0.365. The molecule has 0 bridgehead atoms. The first kappa shape index (κ1) is 10.6. The summed E-state index contributed by atoms with van der Waals surface area (Å²) in [6.07, 6.45) is 5.80. The Kier molecular flexibility index (Phi) is 4.26. The molecule has 1 heterocycles. The van der Waals surface area contributed by atoms with E-state index in [1.165, 1.54) is 25.7 Å². The molecule has 1 unspecified atom stereocenters. The van der Waals surface area contributed by atoms with Crippen LogP contribution in [0.1, 0.15) is 46.0 Å². The lowest BCUT2D eigenvalue weighted by atomic mass is 10.2. The zero-order valence-corrected chi connectivity index (χ0v) is 8.88. The van der Waals surface area contributed by atoms with Crippen molar-refractivity contribution in [3.8, 4) is 0 Å². The van der Waals surface area contributed by atoms with Gasteiger partial charge in [-0.1, -0.05) is 33.1 Å². The highest BCUT2D eigenvalue weighted by molar-refractivity contribution is 5.78. The Morgan fingerprint density at radius 1 is 1.38 bits per heavy atom. The van der Waals surface area contributed by atoms with Crippen molar-refractivity contribution in [2.24, 2.45) is 5.92 Å². The minimum absolute atomic E-state index is 0.365. The Morgan fingerprint density at radius 3 is 2.69 bits per heavy atom. The highest BCUT2D eigenvalue weighted by atomic mass is 16.2. The summed E-state index contributed by atoms with van der Waals surface area (Å²) in [5.41, 5.74) is 0. The maximum Gasteiger partial charge on any atom is 0.222 e. The van der Waals surface area contributed by atoms with Gasteiger partial charge in [0, 0.05) is 19.5 Å². The molecule has 2 nitrogen and oxygen atoms in total. The average Bonchev–Trinajstić information content (AvgIpc) is 2.39. The summed E-state index contributed by atoms with van der Waals surface area (Å²) in [5.74, 6) is 0.947. The minimum Gasteiger partial charge on any atom is -0.342 e. The first-order valence-corrected chi connectivity index (χ1v) is 5.51. The molecule has 76 valence electrons. The van der Waals surface area contributed by atoms with Crippen LogP contribution in [0.3, 0.4) is 0 Å². The largest absolute Gasteiger partial charge is 0.342 e. The molecule has 1 saturated heterocycles. The van der Waals surface area contributed by atoms with E-state index >= 15 is 0 Å². The summed E-state index contributed by atoms with van der Waals surface area (Å²) < 4.78 is 0. The maximum absolute atomic E-state index is 11.4. The molecule has 0 spiro atoms. The Hall–Kier alpha value is -0.530. The monoisotopic (exact) mass is 183 g/mol. The van der Waals surface area contributed by atoms with Crippen LogP contribution >= 0.6 is 0 Å². The third-order valence-electron chi connectivity index (χ3n) is 2.69. The van der Waals surface area contributed by atoms with Crippen LogP contribution in [0.25, 0.3) is 0 Å². The molecule has 1 aliphatic rings. The van der Waals surface area contributed by atoms with Gasteiger partial charge in [0.15, 0.2) is 0 Å². The van der Waals surface area contributed by atoms with Crippen molar-refractivity contribution in [3.63, 3.8) is 0 Å². The van der Waals surface area contributed by atoms with Crippen molar-refractivity contribution in [3.05, 3.63) is 0 Å². The van der Waals surface area contributed by atoms with E-state index in [0.717, 1.165) is 19.5 Å². The number of unbranched alkanes of at least 4 members (excludes halogenated alkanes) is 3. The normalized spacial score (nSPS) is 22.8. The van der Waals surface area contributed by atoms with E-state index in [1.807, 2.05) is 4.90 Å². The summed E-state index contributed by atoms with van der Waals surface area (Å²) in [6, 6.07) is 0. The van der Waals surface area contributed by atoms with E-state index in [9.17, 15) is 4.79 Å². The second-order valence-corrected chi connectivity index (χ2v) is 4.21. The van der Waals surface area contributed by atoms with E-state index in [4.69, 9.17) is 0 Å². The number of nitrogens with zero attached hydrogens (tertiary/aromatic N) is 1. The second kappa shape index (κ2) is 5.25. The Labute approximate surface area is 81.3 Å². The van der Waals surface area contributed by atoms with Gasteiger partial charge in [0.1, 0.15) is 0 Å². The smallest absolute Gasteiger partial charge is 0.222 e. The standard InChI is InChI=1S/C11H21NO/c1-3-4-5-6-7-12-9-10(2)8-11(12)13/h10H,3-9H2,1-2H3. The molecular weight excluding hydrogens is 162 g/mol. The highest BCUT2D eigenvalue weighted by Gasteiger charge is 2.25. The Balaban J connectivity index is 2.11. The summed E-state index contributed by atoms with van der Waals surface area (Å²) in [5, 5.41) is 0. The van der Waals surface area contributed by atoms with Gasteiger partial charge in [-0.15, -0.1) is 0 Å². The molecule has 13 heavy (non-hydrogen) atoms. The zero-order valence-electron chi connectivity index (χ0n) is 8.88. The van der Waals surface area contributed by atoms with Gasteiger partial charge in [-0.2, -0.15) is 0 Å². The summed E-state index contributed by atoms with van der Waals surface area (Å²) in [7, 11) is 0. The van der Waals surface area contributed by atoms with Crippen LogP contribution in [0, 0.1) is 5.92 Å². The van der Waals surface area contributed by atoms with Crippen LogP contribution in [-0.4, -0.2) is 23.9 Å². The summed E-state index contributed by atoms with van der Waals surface area (Å²) in [4.78, 5) is 13.4. The predicted molar refractivity (Wildman–Crippen MR) is 54.5 cm³/mol. The lowest BCUT2D eigenvalue weighted by molar-refractivity contribution is -0.127. The first-order valence-electron chi connectivity index (χ1n) is 5.51. The topological polar surface area (TPSA) is 20.3 Å². The molecule has 0 saturated carbocycles. The van der Waals surface area contributed by atoms with Crippen molar-refractivity contribution >= 4 is 5.91 Å². The zero-order chi connectivity index (χ0) is 9.68. The van der Waals surface area contributed by atoms with Crippen LogP contribution in [0.15, 0.2) is 0 Å². The van der Waals surface area contributed by atoms with Gasteiger partial charge in [0.05, 0.1) is 0 Å². The van der Waals surface area contributed by atoms with Crippen molar-refractivity contribution in [2.75, 3.05) is 13.1 Å². The van der Waals surface area contributed by atoms with Crippen LogP contribution in [0.4, 0.5) is 0 Å². The molecule has 0 aromatic rings.